The third-order valence-electron chi connectivity index (χ3n) is 0.910. The van der Waals surface area contributed by atoms with Crippen molar-refractivity contribution in [3.63, 3.8) is 0 Å². The number of anilines is 1. The minimum Gasteiger partial charge on any atom is -0.273 e. The van der Waals surface area contributed by atoms with Crippen molar-refractivity contribution in [2.45, 2.75) is 0 Å². The van der Waals surface area contributed by atoms with Crippen molar-refractivity contribution in [2.75, 3.05) is 5.43 Å². The zero-order valence-electron chi connectivity index (χ0n) is 5.70. The van der Waals surface area contributed by atoms with Gasteiger partial charge in [0.05, 0.1) is 0 Å². The van der Waals surface area contributed by atoms with E-state index >= 15 is 0 Å². The summed E-state index contributed by atoms with van der Waals surface area (Å²) in [6, 6.07) is 0. The fourth-order valence-corrected chi connectivity index (χ4v) is 0.934. The van der Waals surface area contributed by atoms with Crippen molar-refractivity contribution in [1.82, 2.24) is 10.4 Å². The van der Waals surface area contributed by atoms with Crippen molar-refractivity contribution in [2.24, 2.45) is 0 Å². The van der Waals surface area contributed by atoms with Gasteiger partial charge in [-0.15, -0.1) is 11.3 Å². The number of carbonyl (C=O) groups is 1. The van der Waals surface area contributed by atoms with Gasteiger partial charge in [0, 0.05) is 11.6 Å². The Hall–Kier alpha value is -1.36. The molecule has 1 heterocycles. The summed E-state index contributed by atoms with van der Waals surface area (Å²) < 4.78 is 0. The molecule has 11 heavy (non-hydrogen) atoms. The topological polar surface area (TPSA) is 54.0 Å². The second kappa shape index (κ2) is 3.72. The standard InChI is InChI=1S/C6H7N3OS/c1-2-5(10)8-9-6-7-3-4-11-6/h2-4H,1H2,(H,7,9)(H,8,10). The quantitative estimate of drug-likeness (QED) is 0.519. The minimum atomic E-state index is -0.278. The summed E-state index contributed by atoms with van der Waals surface area (Å²) >= 11 is 1.40. The van der Waals surface area contributed by atoms with E-state index in [0.29, 0.717) is 5.13 Å². The maximum Gasteiger partial charge on any atom is 0.261 e. The zero-order valence-corrected chi connectivity index (χ0v) is 6.52. The summed E-state index contributed by atoms with van der Waals surface area (Å²) in [6.45, 7) is 3.29. The molecule has 0 atom stereocenters. The monoisotopic (exact) mass is 169 g/mol. The van der Waals surface area contributed by atoms with Crippen LogP contribution in [0, 0.1) is 0 Å². The molecule has 0 aliphatic carbocycles. The second-order valence-corrected chi connectivity index (χ2v) is 2.55. The molecule has 0 aromatic carbocycles. The van der Waals surface area contributed by atoms with Gasteiger partial charge in [-0.3, -0.25) is 15.6 Å². The Bertz CT molecular complexity index is 244. The van der Waals surface area contributed by atoms with Gasteiger partial charge in [0.25, 0.3) is 5.91 Å². The summed E-state index contributed by atoms with van der Waals surface area (Å²) in [6.07, 6.45) is 2.83. The Kier molecular flexibility index (Phi) is 2.62. The molecule has 0 fully saturated rings. The number of carbonyl (C=O) groups excluding carboxylic acids is 1. The van der Waals surface area contributed by atoms with Crippen LogP contribution in [-0.4, -0.2) is 10.9 Å². The van der Waals surface area contributed by atoms with E-state index in [9.17, 15) is 4.79 Å². The lowest BCUT2D eigenvalue weighted by Gasteiger charge is -2.00. The summed E-state index contributed by atoms with van der Waals surface area (Å²) in [4.78, 5) is 14.5. The zero-order chi connectivity index (χ0) is 8.10. The summed E-state index contributed by atoms with van der Waals surface area (Å²) in [7, 11) is 0. The highest BCUT2D eigenvalue weighted by atomic mass is 32.1. The molecule has 0 saturated carbocycles. The van der Waals surface area contributed by atoms with Crippen LogP contribution in [0.3, 0.4) is 0 Å². The predicted molar refractivity (Wildman–Crippen MR) is 44.1 cm³/mol. The molecule has 5 heteroatoms. The average Bonchev–Trinajstić information content (AvgIpc) is 2.52. The van der Waals surface area contributed by atoms with Gasteiger partial charge in [0.15, 0.2) is 0 Å². The maximum atomic E-state index is 10.6. The molecule has 0 bridgehead atoms. The number of amides is 1. The van der Waals surface area contributed by atoms with E-state index in [2.05, 4.69) is 22.4 Å². The van der Waals surface area contributed by atoms with Crippen LogP contribution >= 0.6 is 11.3 Å². The van der Waals surface area contributed by atoms with Gasteiger partial charge in [-0.2, -0.15) is 0 Å². The molecular formula is C6H7N3OS. The SMILES string of the molecule is C=CC(=O)NNc1nccs1. The largest absolute Gasteiger partial charge is 0.273 e. The van der Waals surface area contributed by atoms with E-state index in [-0.39, 0.29) is 5.91 Å². The van der Waals surface area contributed by atoms with Crippen LogP contribution < -0.4 is 10.9 Å². The van der Waals surface area contributed by atoms with Crippen molar-refractivity contribution in [3.05, 3.63) is 24.2 Å². The Balaban J connectivity index is 2.34. The molecule has 0 spiro atoms. The van der Waals surface area contributed by atoms with Gasteiger partial charge in [-0.05, 0) is 6.08 Å². The number of aromatic nitrogens is 1. The number of thiazole rings is 1. The molecule has 2 N–H and O–H groups in total. The number of nitrogens with one attached hydrogen (secondary N) is 2. The Morgan fingerprint density at radius 1 is 1.82 bits per heavy atom. The van der Waals surface area contributed by atoms with Gasteiger partial charge in [0.2, 0.25) is 5.13 Å². The van der Waals surface area contributed by atoms with Crippen LogP contribution in [0.2, 0.25) is 0 Å². The van der Waals surface area contributed by atoms with E-state index in [1.54, 1.807) is 6.20 Å². The normalized spacial score (nSPS) is 8.73. The Morgan fingerprint density at radius 3 is 3.18 bits per heavy atom. The number of hydrogen-bond donors (Lipinski definition) is 2. The van der Waals surface area contributed by atoms with Crippen molar-refractivity contribution < 1.29 is 4.79 Å². The van der Waals surface area contributed by atoms with Gasteiger partial charge < -0.3 is 0 Å². The van der Waals surface area contributed by atoms with Gasteiger partial charge in [-0.25, -0.2) is 4.98 Å². The molecule has 0 aliphatic rings. The molecule has 0 aliphatic heterocycles. The van der Waals surface area contributed by atoms with Crippen LogP contribution in [0.5, 0.6) is 0 Å². The number of hydrazine groups is 1. The van der Waals surface area contributed by atoms with Crippen LogP contribution in [0.15, 0.2) is 24.2 Å². The fraction of sp³-hybridized carbons (Fsp3) is 0. The summed E-state index contributed by atoms with van der Waals surface area (Å²) in [5.41, 5.74) is 4.99. The van der Waals surface area contributed by atoms with Crippen LogP contribution in [0.1, 0.15) is 0 Å². The third kappa shape index (κ3) is 2.38. The average molecular weight is 169 g/mol. The van der Waals surface area contributed by atoms with Crippen LogP contribution in [-0.2, 0) is 4.79 Å². The van der Waals surface area contributed by atoms with Crippen molar-refractivity contribution in [1.29, 1.82) is 0 Å². The summed E-state index contributed by atoms with van der Waals surface area (Å²) in [5.74, 6) is -0.278. The summed E-state index contributed by atoms with van der Waals surface area (Å²) in [5, 5.41) is 2.46. The molecule has 4 nitrogen and oxygen atoms in total. The Morgan fingerprint density at radius 2 is 2.64 bits per heavy atom. The number of nitrogens with zero attached hydrogens (tertiary/aromatic N) is 1. The lowest BCUT2D eigenvalue weighted by Crippen LogP contribution is -2.27. The first-order valence-electron chi connectivity index (χ1n) is 2.91. The Labute approximate surface area is 67.9 Å². The van der Waals surface area contributed by atoms with Crippen molar-refractivity contribution in [3.8, 4) is 0 Å². The molecular weight excluding hydrogens is 162 g/mol. The molecule has 1 rings (SSSR count). The smallest absolute Gasteiger partial charge is 0.261 e. The lowest BCUT2D eigenvalue weighted by molar-refractivity contribution is -0.116. The molecule has 0 unspecified atom stereocenters. The van der Waals surface area contributed by atoms with E-state index in [1.807, 2.05) is 5.38 Å². The highest BCUT2D eigenvalue weighted by Gasteiger charge is 1.93. The molecule has 1 aromatic heterocycles. The third-order valence-corrected chi connectivity index (χ3v) is 1.60. The first-order valence-corrected chi connectivity index (χ1v) is 3.79. The van der Waals surface area contributed by atoms with Gasteiger partial charge in [-0.1, -0.05) is 6.58 Å². The lowest BCUT2D eigenvalue weighted by atomic mass is 10.6. The van der Waals surface area contributed by atoms with E-state index < -0.39 is 0 Å². The highest BCUT2D eigenvalue weighted by molar-refractivity contribution is 7.13. The molecule has 58 valence electrons. The minimum absolute atomic E-state index is 0.278. The molecule has 0 saturated heterocycles. The van der Waals surface area contributed by atoms with E-state index in [4.69, 9.17) is 0 Å². The van der Waals surface area contributed by atoms with Crippen LogP contribution in [0.25, 0.3) is 0 Å². The number of hydrogen-bond acceptors (Lipinski definition) is 4. The first kappa shape index (κ1) is 7.74. The van der Waals surface area contributed by atoms with Gasteiger partial charge in [0.1, 0.15) is 0 Å². The highest BCUT2D eigenvalue weighted by Crippen LogP contribution is 2.07. The van der Waals surface area contributed by atoms with Crippen LogP contribution in [0.4, 0.5) is 5.13 Å². The number of rotatable bonds is 3. The maximum absolute atomic E-state index is 10.6. The van der Waals surface area contributed by atoms with E-state index in [1.165, 1.54) is 17.4 Å². The first-order chi connectivity index (χ1) is 5.33. The van der Waals surface area contributed by atoms with Crippen molar-refractivity contribution >= 4 is 22.4 Å². The molecule has 1 amide bonds. The van der Waals surface area contributed by atoms with E-state index in [0.717, 1.165) is 0 Å². The predicted octanol–water partition coefficient (Wildman–Crippen LogP) is 0.772. The molecule has 0 radical (unpaired) electrons. The second-order valence-electron chi connectivity index (χ2n) is 1.66. The van der Waals surface area contributed by atoms with Gasteiger partial charge >= 0.3 is 0 Å². The fourth-order valence-electron chi connectivity index (χ4n) is 0.451. The molecule has 1 aromatic rings.